The first-order chi connectivity index (χ1) is 8.06. The van der Waals surface area contributed by atoms with E-state index in [2.05, 4.69) is 31.3 Å². The van der Waals surface area contributed by atoms with Gasteiger partial charge in [0, 0.05) is 10.7 Å². The zero-order valence-electron chi connectivity index (χ0n) is 8.26. The van der Waals surface area contributed by atoms with E-state index in [1.807, 2.05) is 0 Å². The number of amides is 1. The molecule has 1 amide bonds. The van der Waals surface area contributed by atoms with Crippen LogP contribution in [0.3, 0.4) is 0 Å². The zero-order valence-corrected chi connectivity index (χ0v) is 10.6. The van der Waals surface area contributed by atoms with Crippen LogP contribution in [0.15, 0.2) is 29.1 Å². The molecule has 88 valence electrons. The van der Waals surface area contributed by atoms with Gasteiger partial charge in [0.1, 0.15) is 5.69 Å². The lowest BCUT2D eigenvalue weighted by Gasteiger charge is -1.99. The molecule has 2 N–H and O–H groups in total. The molecule has 0 aliphatic rings. The number of nitrogens with one attached hydrogen (secondary N) is 1. The molecule has 0 fully saturated rings. The molecule has 2 aromatic rings. The zero-order chi connectivity index (χ0) is 12.4. The van der Waals surface area contributed by atoms with Crippen molar-refractivity contribution in [2.75, 3.05) is 5.32 Å². The van der Waals surface area contributed by atoms with Crippen LogP contribution >= 0.6 is 27.5 Å². The summed E-state index contributed by atoms with van der Waals surface area (Å²) in [6, 6.07) is 1.78. The second-order valence-corrected chi connectivity index (χ2v) is 4.34. The minimum atomic E-state index is -1.20. The van der Waals surface area contributed by atoms with Crippen molar-refractivity contribution >= 4 is 39.3 Å². The molecule has 0 bridgehead atoms. The molecule has 0 aliphatic heterocycles. The molecule has 0 radical (unpaired) electrons. The Balaban J connectivity index is 2.37. The number of nitrogens with zero attached hydrogens (tertiary/aromatic N) is 3. The number of pyridine rings is 1. The topological polar surface area (TPSA) is 80.0 Å². The Bertz CT molecular complexity index is 572. The van der Waals surface area contributed by atoms with Crippen LogP contribution in [-0.2, 0) is 0 Å². The third kappa shape index (κ3) is 2.75. The molecule has 0 saturated carbocycles. The second kappa shape index (κ2) is 4.72. The Labute approximate surface area is 109 Å². The van der Waals surface area contributed by atoms with Gasteiger partial charge in [-0.1, -0.05) is 11.6 Å². The lowest BCUT2D eigenvalue weighted by atomic mass is 10.4. The van der Waals surface area contributed by atoms with Gasteiger partial charge in [-0.15, -0.1) is 0 Å². The molecular formula is C9H6BrClN4O2. The highest BCUT2D eigenvalue weighted by Gasteiger charge is 2.10. The average molecular weight is 318 g/mol. The fourth-order valence-corrected chi connectivity index (χ4v) is 1.74. The quantitative estimate of drug-likeness (QED) is 0.892. The average Bonchev–Trinajstić information content (AvgIpc) is 2.59. The molecule has 0 unspecified atom stereocenters. The number of hydrogen-bond donors (Lipinski definition) is 2. The Morgan fingerprint density at radius 3 is 2.94 bits per heavy atom. The SMILES string of the molecule is O=C(O)Nc1cn(-c2cncc(Br)c2)nc1Cl. The Morgan fingerprint density at radius 2 is 2.29 bits per heavy atom. The number of halogens is 2. The van der Waals surface area contributed by atoms with Crippen LogP contribution in [0.5, 0.6) is 0 Å². The van der Waals surface area contributed by atoms with Crippen LogP contribution < -0.4 is 5.32 Å². The van der Waals surface area contributed by atoms with Crippen molar-refractivity contribution < 1.29 is 9.90 Å². The van der Waals surface area contributed by atoms with Gasteiger partial charge in [-0.2, -0.15) is 5.10 Å². The molecule has 6 nitrogen and oxygen atoms in total. The van der Waals surface area contributed by atoms with Gasteiger partial charge in [-0.05, 0) is 22.0 Å². The highest BCUT2D eigenvalue weighted by atomic mass is 79.9. The largest absolute Gasteiger partial charge is 0.465 e. The van der Waals surface area contributed by atoms with Crippen LogP contribution in [0.25, 0.3) is 5.69 Å². The van der Waals surface area contributed by atoms with Crippen LogP contribution in [0.4, 0.5) is 10.5 Å². The third-order valence-electron chi connectivity index (χ3n) is 1.87. The number of carbonyl (C=O) groups is 1. The van der Waals surface area contributed by atoms with E-state index >= 15 is 0 Å². The van der Waals surface area contributed by atoms with Crippen LogP contribution in [0.2, 0.25) is 5.15 Å². The van der Waals surface area contributed by atoms with Gasteiger partial charge in [-0.25, -0.2) is 9.48 Å². The van der Waals surface area contributed by atoms with Crippen LogP contribution in [-0.4, -0.2) is 26.0 Å². The summed E-state index contributed by atoms with van der Waals surface area (Å²) in [6.07, 6.45) is 3.49. The molecule has 0 spiro atoms. The summed E-state index contributed by atoms with van der Waals surface area (Å²) in [5.74, 6) is 0. The fourth-order valence-electron chi connectivity index (χ4n) is 1.21. The molecular weight excluding hydrogens is 311 g/mol. The van der Waals surface area contributed by atoms with Crippen molar-refractivity contribution in [3.05, 3.63) is 34.3 Å². The number of carboxylic acid groups (broad SMARTS) is 1. The minimum Gasteiger partial charge on any atom is -0.465 e. The highest BCUT2D eigenvalue weighted by Crippen LogP contribution is 2.22. The lowest BCUT2D eigenvalue weighted by Crippen LogP contribution is -2.06. The molecule has 2 aromatic heterocycles. The van der Waals surface area contributed by atoms with Crippen molar-refractivity contribution in [3.8, 4) is 5.69 Å². The van der Waals surface area contributed by atoms with E-state index in [9.17, 15) is 4.79 Å². The Hall–Kier alpha value is -1.60. The maximum atomic E-state index is 10.5. The standard InChI is InChI=1S/C9H6BrClN4O2/c10-5-1-6(3-12-2-5)15-4-7(8(11)14-15)13-9(16)17/h1-4,13H,(H,16,17). The van der Waals surface area contributed by atoms with E-state index in [0.717, 1.165) is 4.47 Å². The van der Waals surface area contributed by atoms with Crippen molar-refractivity contribution in [2.45, 2.75) is 0 Å². The van der Waals surface area contributed by atoms with E-state index in [1.165, 1.54) is 10.9 Å². The number of rotatable bonds is 2. The van der Waals surface area contributed by atoms with Gasteiger partial charge in [0.15, 0.2) is 5.15 Å². The van der Waals surface area contributed by atoms with Crippen molar-refractivity contribution in [1.29, 1.82) is 0 Å². The summed E-state index contributed by atoms with van der Waals surface area (Å²) < 4.78 is 2.22. The van der Waals surface area contributed by atoms with Crippen molar-refractivity contribution in [1.82, 2.24) is 14.8 Å². The van der Waals surface area contributed by atoms with Gasteiger partial charge in [-0.3, -0.25) is 10.3 Å². The number of hydrogen-bond acceptors (Lipinski definition) is 3. The van der Waals surface area contributed by atoms with Gasteiger partial charge in [0.2, 0.25) is 0 Å². The highest BCUT2D eigenvalue weighted by molar-refractivity contribution is 9.10. The maximum absolute atomic E-state index is 10.5. The summed E-state index contributed by atoms with van der Waals surface area (Å²) in [5, 5.41) is 14.8. The minimum absolute atomic E-state index is 0.0763. The predicted octanol–water partition coefficient (Wildman–Crippen LogP) is 2.77. The first-order valence-corrected chi connectivity index (χ1v) is 5.59. The first-order valence-electron chi connectivity index (χ1n) is 4.42. The number of anilines is 1. The normalized spacial score (nSPS) is 10.2. The fraction of sp³-hybridized carbons (Fsp3) is 0. The summed E-state index contributed by atoms with van der Waals surface area (Å²) in [7, 11) is 0. The van der Waals surface area contributed by atoms with Crippen LogP contribution in [0, 0.1) is 0 Å². The number of aromatic nitrogens is 3. The second-order valence-electron chi connectivity index (χ2n) is 3.07. The van der Waals surface area contributed by atoms with E-state index in [0.29, 0.717) is 5.69 Å². The lowest BCUT2D eigenvalue weighted by molar-refractivity contribution is 0.210. The van der Waals surface area contributed by atoms with Gasteiger partial charge in [0.05, 0.1) is 18.1 Å². The Kier molecular flexibility index (Phi) is 3.30. The summed E-state index contributed by atoms with van der Waals surface area (Å²) >= 11 is 9.07. The summed E-state index contributed by atoms with van der Waals surface area (Å²) in [4.78, 5) is 14.5. The Morgan fingerprint density at radius 1 is 1.53 bits per heavy atom. The summed E-state index contributed by atoms with van der Waals surface area (Å²) in [5.41, 5.74) is 0.888. The summed E-state index contributed by atoms with van der Waals surface area (Å²) in [6.45, 7) is 0. The van der Waals surface area contributed by atoms with Crippen molar-refractivity contribution in [3.63, 3.8) is 0 Å². The molecule has 8 heteroatoms. The van der Waals surface area contributed by atoms with Gasteiger partial charge >= 0.3 is 6.09 Å². The monoisotopic (exact) mass is 316 g/mol. The van der Waals surface area contributed by atoms with Crippen LogP contribution in [0.1, 0.15) is 0 Å². The molecule has 0 atom stereocenters. The first kappa shape index (κ1) is 11.9. The van der Waals surface area contributed by atoms with E-state index in [4.69, 9.17) is 16.7 Å². The molecule has 2 rings (SSSR count). The maximum Gasteiger partial charge on any atom is 0.409 e. The van der Waals surface area contributed by atoms with E-state index < -0.39 is 6.09 Å². The van der Waals surface area contributed by atoms with E-state index in [-0.39, 0.29) is 10.8 Å². The molecule has 0 aromatic carbocycles. The van der Waals surface area contributed by atoms with Crippen molar-refractivity contribution in [2.24, 2.45) is 0 Å². The van der Waals surface area contributed by atoms with Gasteiger partial charge in [0.25, 0.3) is 0 Å². The molecule has 2 heterocycles. The van der Waals surface area contributed by atoms with Gasteiger partial charge < -0.3 is 5.11 Å². The molecule has 17 heavy (non-hydrogen) atoms. The third-order valence-corrected chi connectivity index (χ3v) is 2.58. The smallest absolute Gasteiger partial charge is 0.409 e. The molecule has 0 aliphatic carbocycles. The molecule has 0 saturated heterocycles. The predicted molar refractivity (Wildman–Crippen MR) is 65.7 cm³/mol. The van der Waals surface area contributed by atoms with E-state index in [1.54, 1.807) is 18.5 Å².